The van der Waals surface area contributed by atoms with E-state index < -0.39 is 0 Å². The maximum atomic E-state index is 6.46. The molecular formula is C18H17Cl3N4O2S. The van der Waals surface area contributed by atoms with E-state index in [0.717, 1.165) is 11.1 Å². The van der Waals surface area contributed by atoms with Gasteiger partial charge in [0.2, 0.25) is 4.77 Å². The minimum absolute atomic E-state index is 0.276. The monoisotopic (exact) mass is 458 g/mol. The Labute approximate surface area is 182 Å². The Morgan fingerprint density at radius 3 is 2.54 bits per heavy atom. The van der Waals surface area contributed by atoms with Crippen molar-refractivity contribution in [2.75, 3.05) is 12.0 Å². The van der Waals surface area contributed by atoms with Gasteiger partial charge in [-0.05, 0) is 54.5 Å². The van der Waals surface area contributed by atoms with Crippen molar-refractivity contribution in [3.8, 4) is 11.5 Å². The van der Waals surface area contributed by atoms with E-state index in [-0.39, 0.29) is 6.61 Å². The minimum Gasteiger partial charge on any atom is -0.490 e. The van der Waals surface area contributed by atoms with Crippen molar-refractivity contribution in [2.45, 2.75) is 20.1 Å². The van der Waals surface area contributed by atoms with Gasteiger partial charge in [0.05, 0.1) is 28.2 Å². The summed E-state index contributed by atoms with van der Waals surface area (Å²) in [5.41, 5.74) is 4.90. The molecule has 0 fully saturated rings. The molecule has 6 nitrogen and oxygen atoms in total. The van der Waals surface area contributed by atoms with E-state index in [4.69, 9.17) is 56.5 Å². The summed E-state index contributed by atoms with van der Waals surface area (Å²) in [6, 6.07) is 9.00. The van der Waals surface area contributed by atoms with E-state index in [1.54, 1.807) is 23.1 Å². The average Bonchev–Trinajstić information content (AvgIpc) is 3.07. The molecular weight excluding hydrogens is 443 g/mol. The molecule has 0 aliphatic heterocycles. The molecule has 28 heavy (non-hydrogen) atoms. The zero-order chi connectivity index (χ0) is 20.1. The summed E-state index contributed by atoms with van der Waals surface area (Å²) in [6.07, 6.45) is 1.56. The highest BCUT2D eigenvalue weighted by molar-refractivity contribution is 7.71. The van der Waals surface area contributed by atoms with Crippen LogP contribution in [0.25, 0.3) is 0 Å². The Kier molecular flexibility index (Phi) is 7.07. The number of hydrogen-bond acceptors (Lipinski definition) is 5. The van der Waals surface area contributed by atoms with Crippen molar-refractivity contribution in [1.29, 1.82) is 0 Å². The Hall–Kier alpha value is -1.93. The van der Waals surface area contributed by atoms with Crippen LogP contribution in [-0.4, -0.2) is 21.5 Å². The number of rotatable bonds is 8. The lowest BCUT2D eigenvalue weighted by Gasteiger charge is -2.16. The number of nitrogens with one attached hydrogen (secondary N) is 2. The molecule has 1 heterocycles. The normalized spacial score (nSPS) is 10.7. The first-order valence-corrected chi connectivity index (χ1v) is 9.90. The second-order valence-corrected chi connectivity index (χ2v) is 7.35. The predicted molar refractivity (Wildman–Crippen MR) is 114 cm³/mol. The molecule has 0 atom stereocenters. The van der Waals surface area contributed by atoms with Crippen LogP contribution in [0, 0.1) is 4.77 Å². The Bertz CT molecular complexity index is 1020. The van der Waals surface area contributed by atoms with E-state index in [2.05, 4.69) is 15.6 Å². The summed E-state index contributed by atoms with van der Waals surface area (Å²) in [6.45, 7) is 3.12. The SMILES string of the molecule is CCOc1cc(CNn2cn[nH]c2=S)cc(Cl)c1OCc1ccc(Cl)c(Cl)c1. The van der Waals surface area contributed by atoms with Crippen LogP contribution in [0.2, 0.25) is 15.1 Å². The molecule has 0 spiro atoms. The van der Waals surface area contributed by atoms with Crippen molar-refractivity contribution in [3.63, 3.8) is 0 Å². The fraction of sp³-hybridized carbons (Fsp3) is 0.222. The number of ether oxygens (including phenoxy) is 2. The van der Waals surface area contributed by atoms with Crippen LogP contribution >= 0.6 is 47.0 Å². The maximum Gasteiger partial charge on any atom is 0.214 e. The molecule has 0 aliphatic rings. The van der Waals surface area contributed by atoms with Crippen molar-refractivity contribution in [2.24, 2.45) is 0 Å². The highest BCUT2D eigenvalue weighted by atomic mass is 35.5. The van der Waals surface area contributed by atoms with Gasteiger partial charge in [-0.25, -0.2) is 4.68 Å². The summed E-state index contributed by atoms with van der Waals surface area (Å²) < 4.78 is 13.7. The standard InChI is InChI=1S/C18H17Cl3N4O2S/c1-2-26-16-7-12(8-23-25-10-22-24-18(25)28)6-15(21)17(16)27-9-11-3-4-13(19)14(20)5-11/h3-7,10,23H,2,8-9H2,1H3,(H,24,28). The predicted octanol–water partition coefficient (Wildman–Crippen LogP) is 5.62. The molecule has 3 aromatic rings. The lowest BCUT2D eigenvalue weighted by molar-refractivity contribution is 0.269. The highest BCUT2D eigenvalue weighted by Gasteiger charge is 2.13. The second kappa shape index (κ2) is 9.52. The summed E-state index contributed by atoms with van der Waals surface area (Å²) >= 11 is 23.6. The molecule has 2 N–H and O–H groups in total. The van der Waals surface area contributed by atoms with Crippen molar-refractivity contribution < 1.29 is 9.47 Å². The number of halogens is 3. The number of aromatic nitrogens is 3. The van der Waals surface area contributed by atoms with Crippen LogP contribution in [0.3, 0.4) is 0 Å². The molecule has 148 valence electrons. The topological polar surface area (TPSA) is 64.1 Å². The molecule has 0 saturated heterocycles. The van der Waals surface area contributed by atoms with Crippen LogP contribution in [0.15, 0.2) is 36.7 Å². The number of H-pyrrole nitrogens is 1. The van der Waals surface area contributed by atoms with Gasteiger partial charge in [0, 0.05) is 0 Å². The zero-order valence-electron chi connectivity index (χ0n) is 14.8. The largest absolute Gasteiger partial charge is 0.490 e. The van der Waals surface area contributed by atoms with Crippen molar-refractivity contribution in [3.05, 3.63) is 67.6 Å². The first kappa shape index (κ1) is 20.8. The zero-order valence-corrected chi connectivity index (χ0v) is 17.9. The molecule has 0 bridgehead atoms. The molecule has 0 unspecified atom stereocenters. The molecule has 2 aromatic carbocycles. The first-order valence-electron chi connectivity index (χ1n) is 8.35. The molecule has 0 saturated carbocycles. The van der Waals surface area contributed by atoms with Gasteiger partial charge >= 0.3 is 0 Å². The Balaban J connectivity index is 1.77. The number of benzene rings is 2. The van der Waals surface area contributed by atoms with Crippen LogP contribution < -0.4 is 14.9 Å². The lowest BCUT2D eigenvalue weighted by atomic mass is 10.2. The van der Waals surface area contributed by atoms with E-state index in [1.165, 1.54) is 0 Å². The van der Waals surface area contributed by atoms with Crippen molar-refractivity contribution >= 4 is 47.0 Å². The van der Waals surface area contributed by atoms with Gasteiger partial charge in [0.15, 0.2) is 11.5 Å². The molecule has 10 heteroatoms. The van der Waals surface area contributed by atoms with Gasteiger partial charge < -0.3 is 14.9 Å². The lowest BCUT2D eigenvalue weighted by Crippen LogP contribution is -2.13. The first-order chi connectivity index (χ1) is 13.5. The van der Waals surface area contributed by atoms with Gasteiger partial charge in [-0.3, -0.25) is 5.10 Å². The summed E-state index contributed by atoms with van der Waals surface area (Å²) in [4.78, 5) is 0. The van der Waals surface area contributed by atoms with Gasteiger partial charge in [-0.15, -0.1) is 0 Å². The van der Waals surface area contributed by atoms with E-state index in [9.17, 15) is 0 Å². The summed E-state index contributed by atoms with van der Waals surface area (Å²) in [7, 11) is 0. The smallest absolute Gasteiger partial charge is 0.214 e. The van der Waals surface area contributed by atoms with Gasteiger partial charge in [-0.2, -0.15) is 5.10 Å². The third kappa shape index (κ3) is 5.11. The van der Waals surface area contributed by atoms with E-state index >= 15 is 0 Å². The number of nitrogens with zero attached hydrogens (tertiary/aromatic N) is 2. The summed E-state index contributed by atoms with van der Waals surface area (Å²) in [5, 5.41) is 7.94. The fourth-order valence-electron chi connectivity index (χ4n) is 2.45. The number of hydrogen-bond donors (Lipinski definition) is 2. The van der Waals surface area contributed by atoms with E-state index in [1.807, 2.05) is 25.1 Å². The van der Waals surface area contributed by atoms with Gasteiger partial charge in [0.25, 0.3) is 0 Å². The third-order valence-corrected chi connectivity index (χ3v) is 5.05. The van der Waals surface area contributed by atoms with Crippen LogP contribution in [0.5, 0.6) is 11.5 Å². The summed E-state index contributed by atoms with van der Waals surface area (Å²) in [5.74, 6) is 1.03. The fourth-order valence-corrected chi connectivity index (χ4v) is 3.22. The average molecular weight is 460 g/mol. The molecule has 0 radical (unpaired) electrons. The Morgan fingerprint density at radius 1 is 1.07 bits per heavy atom. The highest BCUT2D eigenvalue weighted by Crippen LogP contribution is 2.37. The van der Waals surface area contributed by atoms with Crippen LogP contribution in [-0.2, 0) is 13.2 Å². The third-order valence-electron chi connectivity index (χ3n) is 3.74. The Morgan fingerprint density at radius 2 is 1.86 bits per heavy atom. The molecule has 1 aromatic heterocycles. The minimum atomic E-state index is 0.276. The molecule has 3 rings (SSSR count). The molecule has 0 amide bonds. The second-order valence-electron chi connectivity index (χ2n) is 5.74. The quantitative estimate of drug-likeness (QED) is 0.428. The van der Waals surface area contributed by atoms with Crippen molar-refractivity contribution in [1.82, 2.24) is 14.9 Å². The van der Waals surface area contributed by atoms with Crippen LogP contribution in [0.1, 0.15) is 18.1 Å². The van der Waals surface area contributed by atoms with Gasteiger partial charge in [-0.1, -0.05) is 40.9 Å². The molecule has 0 aliphatic carbocycles. The van der Waals surface area contributed by atoms with Gasteiger partial charge in [0.1, 0.15) is 12.9 Å². The number of aromatic amines is 1. The van der Waals surface area contributed by atoms with E-state index in [0.29, 0.717) is 44.5 Å². The maximum absolute atomic E-state index is 6.46. The van der Waals surface area contributed by atoms with Crippen LogP contribution in [0.4, 0.5) is 0 Å².